The molecule has 3 rings (SSSR count). The van der Waals surface area contributed by atoms with Crippen LogP contribution in [-0.2, 0) is 9.53 Å². The van der Waals surface area contributed by atoms with E-state index in [0.717, 1.165) is 16.0 Å². The first kappa shape index (κ1) is 20.5. The van der Waals surface area contributed by atoms with E-state index in [1.54, 1.807) is 25.1 Å². The summed E-state index contributed by atoms with van der Waals surface area (Å²) in [5, 5.41) is 3.15. The highest BCUT2D eigenvalue weighted by Gasteiger charge is 2.25. The lowest BCUT2D eigenvalue weighted by Gasteiger charge is -2.08. The van der Waals surface area contributed by atoms with Crippen molar-refractivity contribution in [1.82, 2.24) is 0 Å². The number of carbonyl (C=O) groups excluding carboxylic acids is 2. The molecule has 0 aliphatic rings. The van der Waals surface area contributed by atoms with Crippen molar-refractivity contribution in [2.45, 2.75) is 13.8 Å². The fraction of sp³-hybridized carbons (Fsp3) is 0.130. The van der Waals surface area contributed by atoms with Gasteiger partial charge in [-0.1, -0.05) is 48.5 Å². The van der Waals surface area contributed by atoms with Gasteiger partial charge in [0, 0.05) is 22.1 Å². The van der Waals surface area contributed by atoms with E-state index in [1.165, 1.54) is 29.6 Å². The average Bonchev–Trinajstić information content (AvgIpc) is 3.04. The lowest BCUT2D eigenvalue weighted by Crippen LogP contribution is -2.12. The van der Waals surface area contributed by atoms with E-state index in [1.807, 2.05) is 37.3 Å². The van der Waals surface area contributed by atoms with Gasteiger partial charge in [0.1, 0.15) is 16.4 Å². The molecule has 0 aliphatic heterocycles. The van der Waals surface area contributed by atoms with Gasteiger partial charge < -0.3 is 10.1 Å². The molecule has 29 heavy (non-hydrogen) atoms. The summed E-state index contributed by atoms with van der Waals surface area (Å²) >= 11 is 1.30. The zero-order valence-corrected chi connectivity index (χ0v) is 16.9. The second-order valence-corrected chi connectivity index (χ2v) is 7.39. The van der Waals surface area contributed by atoms with E-state index >= 15 is 0 Å². The molecule has 1 aromatic heterocycles. The minimum absolute atomic E-state index is 0.225. The number of carbonyl (C=O) groups is 2. The molecular formula is C23H20FNO3S. The topological polar surface area (TPSA) is 55.4 Å². The first-order valence-electron chi connectivity index (χ1n) is 9.10. The van der Waals surface area contributed by atoms with Crippen molar-refractivity contribution in [2.24, 2.45) is 0 Å². The van der Waals surface area contributed by atoms with Crippen LogP contribution in [0.5, 0.6) is 0 Å². The molecule has 0 unspecified atom stereocenters. The Morgan fingerprint density at radius 3 is 2.48 bits per heavy atom. The predicted octanol–water partition coefficient (Wildman–Crippen LogP) is 5.69. The summed E-state index contributed by atoms with van der Waals surface area (Å²) in [6, 6.07) is 15.6. The third-order valence-electron chi connectivity index (χ3n) is 4.18. The van der Waals surface area contributed by atoms with E-state index in [0.29, 0.717) is 16.1 Å². The van der Waals surface area contributed by atoms with Crippen molar-refractivity contribution in [3.63, 3.8) is 0 Å². The maximum absolute atomic E-state index is 13.7. The van der Waals surface area contributed by atoms with E-state index in [4.69, 9.17) is 4.74 Å². The standard InChI is InChI=1S/C23H20FNO3S/c1-3-28-23(27)21-20(17-10-5-4-6-11-17)15(2)29-22(21)25-19(26)14-13-16-9-7-8-12-18(16)24/h4-14H,3H2,1-2H3,(H,25,26)/b14-13+. The fourth-order valence-corrected chi connectivity index (χ4v) is 3.98. The third kappa shape index (κ3) is 4.78. The van der Waals surface area contributed by atoms with E-state index in [9.17, 15) is 14.0 Å². The number of hydrogen-bond acceptors (Lipinski definition) is 4. The molecule has 0 saturated heterocycles. The molecule has 0 aliphatic carbocycles. The van der Waals surface area contributed by atoms with Crippen LogP contribution in [0.4, 0.5) is 9.39 Å². The molecule has 0 radical (unpaired) electrons. The number of amides is 1. The first-order valence-corrected chi connectivity index (χ1v) is 9.92. The number of thiophene rings is 1. The van der Waals surface area contributed by atoms with Crippen LogP contribution in [0.2, 0.25) is 0 Å². The Morgan fingerprint density at radius 1 is 1.10 bits per heavy atom. The molecule has 2 aromatic carbocycles. The van der Waals surface area contributed by atoms with Gasteiger partial charge in [0.15, 0.2) is 0 Å². The monoisotopic (exact) mass is 409 g/mol. The number of rotatable bonds is 6. The van der Waals surface area contributed by atoms with Crippen LogP contribution in [0.1, 0.15) is 27.7 Å². The Bertz CT molecular complexity index is 1060. The van der Waals surface area contributed by atoms with Gasteiger partial charge in [0.05, 0.1) is 6.61 Å². The summed E-state index contributed by atoms with van der Waals surface area (Å²) in [6.07, 6.45) is 2.64. The van der Waals surface area contributed by atoms with Gasteiger partial charge in [0.2, 0.25) is 5.91 Å². The third-order valence-corrected chi connectivity index (χ3v) is 5.20. The Hall–Kier alpha value is -3.25. The van der Waals surface area contributed by atoms with Crippen LogP contribution >= 0.6 is 11.3 Å². The molecule has 0 atom stereocenters. The van der Waals surface area contributed by atoms with Crippen molar-refractivity contribution in [3.8, 4) is 11.1 Å². The average molecular weight is 409 g/mol. The predicted molar refractivity (Wildman–Crippen MR) is 115 cm³/mol. The summed E-state index contributed by atoms with van der Waals surface area (Å²) in [6.45, 7) is 3.85. The van der Waals surface area contributed by atoms with Crippen molar-refractivity contribution in [1.29, 1.82) is 0 Å². The smallest absolute Gasteiger partial charge is 0.341 e. The number of nitrogens with one attached hydrogen (secondary N) is 1. The van der Waals surface area contributed by atoms with Crippen LogP contribution in [-0.4, -0.2) is 18.5 Å². The molecule has 0 fully saturated rings. The largest absolute Gasteiger partial charge is 0.462 e. The molecule has 0 saturated carbocycles. The normalized spacial score (nSPS) is 10.9. The molecule has 6 heteroatoms. The molecule has 148 valence electrons. The fourth-order valence-electron chi connectivity index (χ4n) is 2.91. The number of esters is 1. The molecule has 3 aromatic rings. The van der Waals surface area contributed by atoms with E-state index in [-0.39, 0.29) is 6.61 Å². The maximum Gasteiger partial charge on any atom is 0.341 e. The number of ether oxygens (including phenoxy) is 1. The highest BCUT2D eigenvalue weighted by atomic mass is 32.1. The van der Waals surface area contributed by atoms with Crippen molar-refractivity contribution in [2.75, 3.05) is 11.9 Å². The Balaban J connectivity index is 1.93. The lowest BCUT2D eigenvalue weighted by atomic mass is 10.0. The summed E-state index contributed by atoms with van der Waals surface area (Å²) in [4.78, 5) is 25.9. The summed E-state index contributed by atoms with van der Waals surface area (Å²) in [7, 11) is 0. The minimum Gasteiger partial charge on any atom is -0.462 e. The molecule has 1 N–H and O–H groups in total. The van der Waals surface area contributed by atoms with Crippen LogP contribution in [0.15, 0.2) is 60.7 Å². The first-order chi connectivity index (χ1) is 14.0. The molecule has 1 heterocycles. The van der Waals surface area contributed by atoms with Gasteiger partial charge in [-0.25, -0.2) is 9.18 Å². The SMILES string of the molecule is CCOC(=O)c1c(NC(=O)/C=C/c2ccccc2F)sc(C)c1-c1ccccc1. The Labute approximate surface area is 172 Å². The lowest BCUT2D eigenvalue weighted by molar-refractivity contribution is -0.111. The summed E-state index contributed by atoms with van der Waals surface area (Å²) < 4.78 is 18.9. The maximum atomic E-state index is 13.7. The van der Waals surface area contributed by atoms with Crippen molar-refractivity contribution < 1.29 is 18.7 Å². The van der Waals surface area contributed by atoms with Gasteiger partial charge >= 0.3 is 5.97 Å². The van der Waals surface area contributed by atoms with Crippen LogP contribution < -0.4 is 5.32 Å². The number of hydrogen-bond donors (Lipinski definition) is 1. The minimum atomic E-state index is -0.496. The summed E-state index contributed by atoms with van der Waals surface area (Å²) in [5.74, 6) is -1.37. The van der Waals surface area contributed by atoms with Gasteiger partial charge in [-0.05, 0) is 31.6 Å². The Morgan fingerprint density at radius 2 is 1.79 bits per heavy atom. The molecular weight excluding hydrogens is 389 g/mol. The molecule has 4 nitrogen and oxygen atoms in total. The highest BCUT2D eigenvalue weighted by Crippen LogP contribution is 2.40. The van der Waals surface area contributed by atoms with Crippen molar-refractivity contribution in [3.05, 3.63) is 82.5 Å². The second-order valence-electron chi connectivity index (χ2n) is 6.17. The van der Waals surface area contributed by atoms with Crippen molar-refractivity contribution >= 4 is 34.3 Å². The summed E-state index contributed by atoms with van der Waals surface area (Å²) in [5.41, 5.74) is 2.24. The van der Waals surface area contributed by atoms with E-state index < -0.39 is 17.7 Å². The molecule has 0 bridgehead atoms. The number of benzene rings is 2. The Kier molecular flexibility index (Phi) is 6.57. The van der Waals surface area contributed by atoms with E-state index in [2.05, 4.69) is 5.32 Å². The number of halogens is 1. The number of aryl methyl sites for hydroxylation is 1. The zero-order valence-electron chi connectivity index (χ0n) is 16.1. The quantitative estimate of drug-likeness (QED) is 0.420. The van der Waals surface area contributed by atoms with Crippen LogP contribution in [0, 0.1) is 12.7 Å². The molecule has 0 spiro atoms. The second kappa shape index (κ2) is 9.30. The van der Waals surface area contributed by atoms with Gasteiger partial charge in [-0.3, -0.25) is 4.79 Å². The highest BCUT2D eigenvalue weighted by molar-refractivity contribution is 7.17. The van der Waals surface area contributed by atoms with Gasteiger partial charge in [-0.2, -0.15) is 0 Å². The van der Waals surface area contributed by atoms with Crippen LogP contribution in [0.25, 0.3) is 17.2 Å². The van der Waals surface area contributed by atoms with Gasteiger partial charge in [0.25, 0.3) is 0 Å². The van der Waals surface area contributed by atoms with Gasteiger partial charge in [-0.15, -0.1) is 11.3 Å². The number of anilines is 1. The molecule has 1 amide bonds. The van der Waals surface area contributed by atoms with Crippen LogP contribution in [0.3, 0.4) is 0 Å². The zero-order chi connectivity index (χ0) is 20.8.